The SMILES string of the molecule is O=C(c1ccc2ccccc2c1)[C@@H]1O[C@@H]1c1ccncc1. The maximum absolute atomic E-state index is 12.5. The first kappa shape index (κ1) is 12.2. The minimum absolute atomic E-state index is 0.0440. The molecular formula is C18H13NO2. The Bertz CT molecular complexity index is 814. The zero-order valence-electron chi connectivity index (χ0n) is 11.3. The molecule has 21 heavy (non-hydrogen) atoms. The predicted octanol–water partition coefficient (Wildman–Crippen LogP) is 3.56. The molecule has 1 fully saturated rings. The Morgan fingerprint density at radius 3 is 2.52 bits per heavy atom. The molecule has 0 bridgehead atoms. The standard InChI is InChI=1S/C18H13NO2/c20-16(18-17(21-18)13-7-9-19-10-8-13)15-6-5-12-3-1-2-4-14(12)11-15/h1-11,17-18H/t17-,18+/m1/s1. The highest BCUT2D eigenvalue weighted by Gasteiger charge is 2.46. The summed E-state index contributed by atoms with van der Waals surface area (Å²) in [6.45, 7) is 0. The van der Waals surface area contributed by atoms with Crippen LogP contribution in [0.2, 0.25) is 0 Å². The lowest BCUT2D eigenvalue weighted by Crippen LogP contribution is -2.08. The lowest BCUT2D eigenvalue weighted by atomic mass is 10.0. The van der Waals surface area contributed by atoms with Crippen molar-refractivity contribution in [2.75, 3.05) is 0 Å². The van der Waals surface area contributed by atoms with Crippen LogP contribution in [0.5, 0.6) is 0 Å². The summed E-state index contributed by atoms with van der Waals surface area (Å²) in [5.41, 5.74) is 1.71. The molecule has 0 spiro atoms. The van der Waals surface area contributed by atoms with Gasteiger partial charge in [0.2, 0.25) is 0 Å². The highest BCUT2D eigenvalue weighted by Crippen LogP contribution is 2.40. The lowest BCUT2D eigenvalue weighted by Gasteiger charge is -2.01. The molecule has 4 rings (SSSR count). The van der Waals surface area contributed by atoms with Crippen molar-refractivity contribution in [2.45, 2.75) is 12.2 Å². The molecule has 2 heterocycles. The minimum atomic E-state index is -0.367. The molecule has 2 atom stereocenters. The van der Waals surface area contributed by atoms with Gasteiger partial charge in [0.25, 0.3) is 0 Å². The predicted molar refractivity (Wildman–Crippen MR) is 80.1 cm³/mol. The fourth-order valence-corrected chi connectivity index (χ4v) is 2.63. The van der Waals surface area contributed by atoms with Crippen LogP contribution in [0.3, 0.4) is 0 Å². The minimum Gasteiger partial charge on any atom is -0.356 e. The molecule has 3 nitrogen and oxygen atoms in total. The fraction of sp³-hybridized carbons (Fsp3) is 0.111. The van der Waals surface area contributed by atoms with Crippen LogP contribution >= 0.6 is 0 Å². The first-order chi connectivity index (χ1) is 10.3. The van der Waals surface area contributed by atoms with Crippen molar-refractivity contribution >= 4 is 16.6 Å². The molecule has 102 valence electrons. The second-order valence-electron chi connectivity index (χ2n) is 5.18. The first-order valence-electron chi connectivity index (χ1n) is 6.91. The largest absolute Gasteiger partial charge is 0.356 e. The van der Waals surface area contributed by atoms with Crippen LogP contribution in [0.4, 0.5) is 0 Å². The van der Waals surface area contributed by atoms with E-state index in [1.54, 1.807) is 12.4 Å². The summed E-state index contributed by atoms with van der Waals surface area (Å²) in [5, 5.41) is 2.21. The van der Waals surface area contributed by atoms with E-state index < -0.39 is 0 Å². The number of ketones is 1. The number of carbonyl (C=O) groups is 1. The number of hydrogen-bond acceptors (Lipinski definition) is 3. The summed E-state index contributed by atoms with van der Waals surface area (Å²) in [4.78, 5) is 16.5. The summed E-state index contributed by atoms with van der Waals surface area (Å²) >= 11 is 0. The van der Waals surface area contributed by atoms with Crippen LogP contribution in [0.25, 0.3) is 10.8 Å². The van der Waals surface area contributed by atoms with Crippen LogP contribution in [-0.4, -0.2) is 16.9 Å². The van der Waals surface area contributed by atoms with Crippen molar-refractivity contribution in [3.63, 3.8) is 0 Å². The van der Waals surface area contributed by atoms with Crippen LogP contribution in [0, 0.1) is 0 Å². The van der Waals surface area contributed by atoms with Crippen LogP contribution in [0.1, 0.15) is 22.0 Å². The number of fused-ring (bicyclic) bond motifs is 1. The molecule has 2 aromatic carbocycles. The van der Waals surface area contributed by atoms with Gasteiger partial charge in [0.1, 0.15) is 6.10 Å². The number of aromatic nitrogens is 1. The van der Waals surface area contributed by atoms with E-state index in [2.05, 4.69) is 4.98 Å². The number of benzene rings is 2. The monoisotopic (exact) mass is 275 g/mol. The average molecular weight is 275 g/mol. The molecule has 0 saturated carbocycles. The molecule has 0 radical (unpaired) electrons. The summed E-state index contributed by atoms with van der Waals surface area (Å²) in [6, 6.07) is 17.6. The molecule has 0 unspecified atom stereocenters. The van der Waals surface area contributed by atoms with Gasteiger partial charge in [-0.2, -0.15) is 0 Å². The summed E-state index contributed by atoms with van der Waals surface area (Å²) in [5.74, 6) is 0.0440. The average Bonchev–Trinajstić information content (AvgIpc) is 3.35. The Morgan fingerprint density at radius 2 is 1.71 bits per heavy atom. The van der Waals surface area contributed by atoms with Gasteiger partial charge in [-0.1, -0.05) is 36.4 Å². The third-order valence-electron chi connectivity index (χ3n) is 3.82. The van der Waals surface area contributed by atoms with Gasteiger partial charge < -0.3 is 4.74 Å². The van der Waals surface area contributed by atoms with Gasteiger partial charge >= 0.3 is 0 Å². The third kappa shape index (κ3) is 2.22. The fourth-order valence-electron chi connectivity index (χ4n) is 2.63. The topological polar surface area (TPSA) is 42.5 Å². The van der Waals surface area contributed by atoms with E-state index >= 15 is 0 Å². The van der Waals surface area contributed by atoms with Crippen molar-refractivity contribution in [1.82, 2.24) is 4.98 Å². The third-order valence-corrected chi connectivity index (χ3v) is 3.82. The van der Waals surface area contributed by atoms with E-state index in [1.165, 1.54) is 0 Å². The van der Waals surface area contributed by atoms with E-state index in [0.29, 0.717) is 5.56 Å². The molecule has 3 aromatic rings. The zero-order valence-corrected chi connectivity index (χ0v) is 11.3. The van der Waals surface area contributed by atoms with Crippen molar-refractivity contribution in [2.24, 2.45) is 0 Å². The molecular weight excluding hydrogens is 262 g/mol. The number of rotatable bonds is 3. The number of carbonyl (C=O) groups excluding carboxylic acids is 1. The van der Waals surface area contributed by atoms with Crippen molar-refractivity contribution in [3.05, 3.63) is 78.1 Å². The number of nitrogens with zero attached hydrogens (tertiary/aromatic N) is 1. The van der Waals surface area contributed by atoms with Gasteiger partial charge in [0.05, 0.1) is 0 Å². The second-order valence-corrected chi connectivity index (χ2v) is 5.18. The Balaban J connectivity index is 1.60. The van der Waals surface area contributed by atoms with Gasteiger partial charge in [-0.25, -0.2) is 0 Å². The highest BCUT2D eigenvalue weighted by atomic mass is 16.6. The molecule has 0 amide bonds. The van der Waals surface area contributed by atoms with Crippen molar-refractivity contribution in [1.29, 1.82) is 0 Å². The molecule has 0 N–H and O–H groups in total. The number of hydrogen-bond donors (Lipinski definition) is 0. The highest BCUT2D eigenvalue weighted by molar-refractivity contribution is 6.04. The first-order valence-corrected chi connectivity index (χ1v) is 6.91. The van der Waals surface area contributed by atoms with Crippen LogP contribution in [-0.2, 0) is 4.74 Å². The molecule has 1 aliphatic rings. The Hall–Kier alpha value is -2.52. The number of Topliss-reactive ketones (excluding diaryl/α,β-unsaturated/α-hetero) is 1. The molecule has 1 saturated heterocycles. The number of epoxide rings is 1. The Labute approximate surface area is 122 Å². The number of ether oxygens (including phenoxy) is 1. The Kier molecular flexibility index (Phi) is 2.79. The second kappa shape index (κ2) is 4.79. The van der Waals surface area contributed by atoms with Gasteiger partial charge in [-0.15, -0.1) is 0 Å². The number of pyridine rings is 1. The quantitative estimate of drug-likeness (QED) is 0.542. The zero-order chi connectivity index (χ0) is 14.2. The maximum Gasteiger partial charge on any atom is 0.194 e. The van der Waals surface area contributed by atoms with Crippen molar-refractivity contribution < 1.29 is 9.53 Å². The van der Waals surface area contributed by atoms with E-state index in [1.807, 2.05) is 54.6 Å². The van der Waals surface area contributed by atoms with Gasteiger partial charge in [0, 0.05) is 18.0 Å². The molecule has 1 aromatic heterocycles. The molecule has 3 heteroatoms. The van der Waals surface area contributed by atoms with Crippen LogP contribution in [0.15, 0.2) is 67.0 Å². The maximum atomic E-state index is 12.5. The normalized spacial score (nSPS) is 20.4. The van der Waals surface area contributed by atoms with Crippen molar-refractivity contribution in [3.8, 4) is 0 Å². The Morgan fingerprint density at radius 1 is 0.952 bits per heavy atom. The smallest absolute Gasteiger partial charge is 0.194 e. The summed E-state index contributed by atoms with van der Waals surface area (Å²) < 4.78 is 5.55. The van der Waals surface area contributed by atoms with E-state index in [4.69, 9.17) is 4.74 Å². The van der Waals surface area contributed by atoms with Gasteiger partial charge in [-0.05, 0) is 34.5 Å². The van der Waals surface area contributed by atoms with E-state index in [0.717, 1.165) is 16.3 Å². The summed E-state index contributed by atoms with van der Waals surface area (Å²) in [7, 11) is 0. The van der Waals surface area contributed by atoms with E-state index in [9.17, 15) is 4.79 Å². The van der Waals surface area contributed by atoms with Gasteiger partial charge in [-0.3, -0.25) is 9.78 Å². The lowest BCUT2D eigenvalue weighted by molar-refractivity contribution is 0.0954. The molecule has 0 aliphatic carbocycles. The van der Waals surface area contributed by atoms with Gasteiger partial charge in [0.15, 0.2) is 11.9 Å². The van der Waals surface area contributed by atoms with E-state index in [-0.39, 0.29) is 18.0 Å². The summed E-state index contributed by atoms with van der Waals surface area (Å²) in [6.07, 6.45) is 2.93. The van der Waals surface area contributed by atoms with Crippen LogP contribution < -0.4 is 0 Å². The molecule has 1 aliphatic heterocycles.